The van der Waals surface area contributed by atoms with Crippen molar-refractivity contribution < 1.29 is 21.6 Å². The van der Waals surface area contributed by atoms with E-state index < -0.39 is 27.5 Å². The molecule has 22 heavy (non-hydrogen) atoms. The molecule has 0 spiro atoms. The first kappa shape index (κ1) is 17.2. The van der Waals surface area contributed by atoms with E-state index in [4.69, 9.17) is 0 Å². The maximum atomic E-state index is 12.9. The van der Waals surface area contributed by atoms with Crippen LogP contribution in [0.15, 0.2) is 24.3 Å². The van der Waals surface area contributed by atoms with E-state index in [1.165, 1.54) is 22.5 Å². The number of halogens is 3. The minimum atomic E-state index is -4.55. The number of hydrogen-bond acceptors (Lipinski definition) is 3. The highest BCUT2D eigenvalue weighted by atomic mass is 32.2. The van der Waals surface area contributed by atoms with Crippen molar-refractivity contribution in [2.24, 2.45) is 5.92 Å². The van der Waals surface area contributed by atoms with Crippen molar-refractivity contribution in [2.45, 2.75) is 18.3 Å². The molecule has 1 aliphatic rings. The first-order valence-electron chi connectivity index (χ1n) is 7.01. The molecule has 0 aromatic heterocycles. The summed E-state index contributed by atoms with van der Waals surface area (Å²) < 4.78 is 64.9. The molecule has 1 aromatic carbocycles. The summed E-state index contributed by atoms with van der Waals surface area (Å²) in [4.78, 5) is 0. The van der Waals surface area contributed by atoms with Crippen molar-refractivity contribution in [1.82, 2.24) is 9.62 Å². The fourth-order valence-corrected chi connectivity index (χ4v) is 4.36. The summed E-state index contributed by atoms with van der Waals surface area (Å²) in [6, 6.07) is 4.83. The van der Waals surface area contributed by atoms with Gasteiger partial charge in [-0.25, -0.2) is 12.7 Å². The van der Waals surface area contributed by atoms with E-state index in [-0.39, 0.29) is 11.5 Å². The van der Waals surface area contributed by atoms with E-state index in [1.54, 1.807) is 7.05 Å². The Labute approximate surface area is 128 Å². The molecule has 1 aromatic rings. The lowest BCUT2D eigenvalue weighted by Gasteiger charge is -2.18. The van der Waals surface area contributed by atoms with Gasteiger partial charge in [-0.2, -0.15) is 13.2 Å². The second kappa shape index (κ2) is 6.55. The van der Waals surface area contributed by atoms with Crippen LogP contribution in [-0.4, -0.2) is 39.4 Å². The molecule has 2 rings (SSSR count). The third kappa shape index (κ3) is 3.99. The quantitative estimate of drug-likeness (QED) is 0.896. The average Bonchev–Trinajstić information content (AvgIpc) is 2.87. The number of nitrogens with zero attached hydrogens (tertiary/aromatic N) is 1. The van der Waals surface area contributed by atoms with E-state index in [0.29, 0.717) is 19.6 Å². The molecule has 0 aliphatic carbocycles. The Bertz CT molecular complexity index is 617. The van der Waals surface area contributed by atoms with Gasteiger partial charge < -0.3 is 5.32 Å². The van der Waals surface area contributed by atoms with Gasteiger partial charge in [-0.3, -0.25) is 0 Å². The Morgan fingerprint density at radius 2 is 2.00 bits per heavy atom. The minimum absolute atomic E-state index is 0.202. The van der Waals surface area contributed by atoms with Gasteiger partial charge in [0.2, 0.25) is 10.0 Å². The van der Waals surface area contributed by atoms with Crippen molar-refractivity contribution in [3.05, 3.63) is 35.4 Å². The summed E-state index contributed by atoms with van der Waals surface area (Å²) in [6.07, 6.45) is -3.83. The fourth-order valence-electron chi connectivity index (χ4n) is 2.72. The van der Waals surface area contributed by atoms with Crippen molar-refractivity contribution in [3.63, 3.8) is 0 Å². The van der Waals surface area contributed by atoms with E-state index in [2.05, 4.69) is 5.32 Å². The number of benzene rings is 1. The van der Waals surface area contributed by atoms with Gasteiger partial charge in [-0.05, 0) is 37.6 Å². The molecular weight excluding hydrogens is 317 g/mol. The maximum absolute atomic E-state index is 12.9. The third-order valence-corrected chi connectivity index (χ3v) is 5.59. The summed E-state index contributed by atoms with van der Waals surface area (Å²) in [5.41, 5.74) is -1.09. The van der Waals surface area contributed by atoms with Crippen LogP contribution in [0.5, 0.6) is 0 Å². The summed E-state index contributed by atoms with van der Waals surface area (Å²) >= 11 is 0. The molecule has 1 atom stereocenters. The predicted octanol–water partition coefficient (Wildman–Crippen LogP) is 2.08. The van der Waals surface area contributed by atoms with Gasteiger partial charge in [0.15, 0.2) is 0 Å². The van der Waals surface area contributed by atoms with Gasteiger partial charge in [0.05, 0.1) is 11.3 Å². The van der Waals surface area contributed by atoms with Gasteiger partial charge >= 0.3 is 6.18 Å². The highest BCUT2D eigenvalue weighted by Crippen LogP contribution is 2.33. The van der Waals surface area contributed by atoms with Crippen LogP contribution in [0.1, 0.15) is 17.5 Å². The molecule has 1 fully saturated rings. The van der Waals surface area contributed by atoms with Crippen LogP contribution in [0.3, 0.4) is 0 Å². The Morgan fingerprint density at radius 3 is 2.64 bits per heavy atom. The molecule has 8 heteroatoms. The van der Waals surface area contributed by atoms with Crippen molar-refractivity contribution in [2.75, 3.05) is 26.7 Å². The van der Waals surface area contributed by atoms with Crippen molar-refractivity contribution in [1.29, 1.82) is 0 Å². The largest absolute Gasteiger partial charge is 0.416 e. The molecule has 1 heterocycles. The molecule has 1 saturated heterocycles. The highest BCUT2D eigenvalue weighted by Gasteiger charge is 2.36. The lowest BCUT2D eigenvalue weighted by Crippen LogP contribution is -2.32. The Hall–Kier alpha value is -1.12. The molecule has 1 unspecified atom stereocenters. The zero-order valence-corrected chi connectivity index (χ0v) is 13.0. The van der Waals surface area contributed by atoms with Gasteiger partial charge in [0.25, 0.3) is 0 Å². The van der Waals surface area contributed by atoms with Crippen molar-refractivity contribution >= 4 is 10.0 Å². The van der Waals surface area contributed by atoms with Crippen LogP contribution in [0.2, 0.25) is 0 Å². The monoisotopic (exact) mass is 336 g/mol. The second-order valence-corrected chi connectivity index (χ2v) is 7.45. The molecule has 0 saturated carbocycles. The first-order valence-corrected chi connectivity index (χ1v) is 8.62. The van der Waals surface area contributed by atoms with Crippen LogP contribution < -0.4 is 5.32 Å². The lowest BCUT2D eigenvalue weighted by atomic mass is 10.1. The number of alkyl halides is 3. The second-order valence-electron chi connectivity index (χ2n) is 5.48. The van der Waals surface area contributed by atoms with E-state index in [0.717, 1.165) is 12.5 Å². The number of sulfonamides is 1. The first-order chi connectivity index (χ1) is 10.2. The zero-order chi connectivity index (χ0) is 16.4. The highest BCUT2D eigenvalue weighted by molar-refractivity contribution is 7.88. The SMILES string of the molecule is CNCC1CCN(S(=O)(=O)Cc2ccccc2C(F)(F)F)C1. The van der Waals surface area contributed by atoms with Gasteiger partial charge in [-0.1, -0.05) is 18.2 Å². The summed E-state index contributed by atoms with van der Waals surface area (Å²) in [5, 5.41) is 2.99. The molecule has 0 bridgehead atoms. The number of hydrogen-bond donors (Lipinski definition) is 1. The molecule has 0 radical (unpaired) electrons. The smallest absolute Gasteiger partial charge is 0.319 e. The van der Waals surface area contributed by atoms with Crippen LogP contribution in [0.4, 0.5) is 13.2 Å². The average molecular weight is 336 g/mol. The molecule has 4 nitrogen and oxygen atoms in total. The Balaban J connectivity index is 2.17. The summed E-state index contributed by atoms with van der Waals surface area (Å²) in [5.74, 6) is -0.410. The van der Waals surface area contributed by atoms with E-state index >= 15 is 0 Å². The molecule has 0 amide bonds. The predicted molar refractivity (Wildman–Crippen MR) is 77.7 cm³/mol. The summed E-state index contributed by atoms with van der Waals surface area (Å²) in [7, 11) is -1.95. The Kier molecular flexibility index (Phi) is 5.14. The van der Waals surface area contributed by atoms with Gasteiger partial charge in [0, 0.05) is 13.1 Å². The maximum Gasteiger partial charge on any atom is 0.416 e. The molecule has 124 valence electrons. The van der Waals surface area contributed by atoms with Crippen LogP contribution >= 0.6 is 0 Å². The van der Waals surface area contributed by atoms with Gasteiger partial charge in [-0.15, -0.1) is 0 Å². The third-order valence-electron chi connectivity index (χ3n) is 3.80. The van der Waals surface area contributed by atoms with Crippen LogP contribution in [-0.2, 0) is 22.0 Å². The standard InChI is InChI=1S/C14H19F3N2O2S/c1-18-8-11-6-7-19(9-11)22(20,21)10-12-4-2-3-5-13(12)14(15,16)17/h2-5,11,18H,6-10H2,1H3. The molecule has 1 aliphatic heterocycles. The number of rotatable bonds is 5. The van der Waals surface area contributed by atoms with Crippen molar-refractivity contribution in [3.8, 4) is 0 Å². The van der Waals surface area contributed by atoms with E-state index in [9.17, 15) is 21.6 Å². The zero-order valence-electron chi connectivity index (χ0n) is 12.2. The Morgan fingerprint density at radius 1 is 1.32 bits per heavy atom. The van der Waals surface area contributed by atoms with Gasteiger partial charge in [0.1, 0.15) is 0 Å². The summed E-state index contributed by atoms with van der Waals surface area (Å²) in [6.45, 7) is 1.42. The normalized spacial score (nSPS) is 20.5. The molecule has 1 N–H and O–H groups in total. The van der Waals surface area contributed by atoms with E-state index in [1.807, 2.05) is 0 Å². The molecular formula is C14H19F3N2O2S. The topological polar surface area (TPSA) is 49.4 Å². The lowest BCUT2D eigenvalue weighted by molar-refractivity contribution is -0.138. The fraction of sp³-hybridized carbons (Fsp3) is 0.571. The van der Waals surface area contributed by atoms with Crippen LogP contribution in [0, 0.1) is 5.92 Å². The van der Waals surface area contributed by atoms with Crippen LogP contribution in [0.25, 0.3) is 0 Å². The minimum Gasteiger partial charge on any atom is -0.319 e. The number of nitrogens with one attached hydrogen (secondary N) is 1.